The van der Waals surface area contributed by atoms with Crippen LogP contribution in [0.1, 0.15) is 50.0 Å². The minimum absolute atomic E-state index is 0.0574. The normalized spacial score (nSPS) is 19.9. The van der Waals surface area contributed by atoms with E-state index in [1.165, 1.54) is 0 Å². The van der Waals surface area contributed by atoms with Gasteiger partial charge in [0.15, 0.2) is 11.6 Å². The lowest BCUT2D eigenvalue weighted by Crippen LogP contribution is -2.30. The van der Waals surface area contributed by atoms with E-state index in [9.17, 15) is 9.59 Å². The van der Waals surface area contributed by atoms with Gasteiger partial charge in [-0.2, -0.15) is 0 Å². The average Bonchev–Trinajstić information content (AvgIpc) is 2.66. The molecule has 3 aliphatic rings. The number of carbonyl (C=O) groups is 2. The molecule has 4 rings (SSSR count). The Morgan fingerprint density at radius 3 is 2.21 bits per heavy atom. The van der Waals surface area contributed by atoms with Gasteiger partial charge in [0, 0.05) is 46.9 Å². The molecule has 1 aliphatic heterocycles. The second-order valence-corrected chi connectivity index (χ2v) is 8.94. The fourth-order valence-corrected chi connectivity index (χ4v) is 5.59. The minimum Gasteiger partial charge on any atom is -0.488 e. The Labute approximate surface area is 180 Å². The van der Waals surface area contributed by atoms with E-state index in [1.807, 2.05) is 12.1 Å². The first-order valence-electron chi connectivity index (χ1n) is 9.44. The molecule has 0 unspecified atom stereocenters. The van der Waals surface area contributed by atoms with Crippen LogP contribution in [-0.4, -0.2) is 18.2 Å². The highest BCUT2D eigenvalue weighted by atomic mass is 79.9. The highest BCUT2D eigenvalue weighted by Crippen LogP contribution is 2.51. The van der Waals surface area contributed by atoms with Crippen LogP contribution in [0.5, 0.6) is 5.75 Å². The fraction of sp³-hybridized carbons (Fsp3) is 0.364. The topological polar surface area (TPSA) is 52.6 Å². The van der Waals surface area contributed by atoms with Crippen LogP contribution < -0.4 is 4.74 Å². The number of ether oxygens (including phenoxy) is 2. The summed E-state index contributed by atoms with van der Waals surface area (Å²) in [6, 6.07) is 3.84. The molecule has 28 heavy (non-hydrogen) atoms. The number of hydrogen-bond acceptors (Lipinski definition) is 4. The Balaban J connectivity index is 1.96. The van der Waals surface area contributed by atoms with Crippen LogP contribution in [0, 0.1) is 0 Å². The van der Waals surface area contributed by atoms with E-state index in [0.29, 0.717) is 36.3 Å². The van der Waals surface area contributed by atoms with Crippen molar-refractivity contribution in [2.24, 2.45) is 0 Å². The number of hydrogen-bond donors (Lipinski definition) is 0. The monoisotopic (exact) mass is 506 g/mol. The van der Waals surface area contributed by atoms with Crippen LogP contribution in [0.2, 0.25) is 0 Å². The summed E-state index contributed by atoms with van der Waals surface area (Å²) in [7, 11) is 0. The number of allylic oxidation sites excluding steroid dienone is 4. The van der Waals surface area contributed by atoms with Gasteiger partial charge in [-0.05, 0) is 40.9 Å². The molecule has 4 nitrogen and oxygen atoms in total. The van der Waals surface area contributed by atoms with E-state index in [-0.39, 0.29) is 11.6 Å². The van der Waals surface area contributed by atoms with Crippen LogP contribution in [0.25, 0.3) is 0 Å². The lowest BCUT2D eigenvalue weighted by molar-refractivity contribution is -0.117. The zero-order valence-electron chi connectivity index (χ0n) is 15.4. The van der Waals surface area contributed by atoms with Gasteiger partial charge in [-0.15, -0.1) is 0 Å². The van der Waals surface area contributed by atoms with Crippen molar-refractivity contribution in [2.45, 2.75) is 44.4 Å². The molecule has 0 N–H and O–H groups in total. The van der Waals surface area contributed by atoms with E-state index < -0.39 is 5.92 Å². The van der Waals surface area contributed by atoms with Gasteiger partial charge in [0.05, 0.1) is 10.4 Å². The summed E-state index contributed by atoms with van der Waals surface area (Å²) in [5.74, 6) is 1.74. The van der Waals surface area contributed by atoms with Crippen molar-refractivity contribution < 1.29 is 19.1 Å². The largest absolute Gasteiger partial charge is 0.488 e. The molecule has 0 aromatic heterocycles. The maximum atomic E-state index is 12.9. The molecule has 0 saturated heterocycles. The SMILES string of the molecule is C=CCOc1c(Br)cc(Br)cc1C1C2=C(CCCC2=O)OC2=C1C(=O)CCC2. The molecule has 0 atom stereocenters. The van der Waals surface area contributed by atoms with Gasteiger partial charge >= 0.3 is 0 Å². The lowest BCUT2D eigenvalue weighted by Gasteiger charge is -2.36. The predicted octanol–water partition coefficient (Wildman–Crippen LogP) is 5.90. The van der Waals surface area contributed by atoms with Gasteiger partial charge in [0.2, 0.25) is 0 Å². The van der Waals surface area contributed by atoms with E-state index in [2.05, 4.69) is 38.4 Å². The third-order valence-corrected chi connectivity index (χ3v) is 6.38. The summed E-state index contributed by atoms with van der Waals surface area (Å²) in [4.78, 5) is 25.9. The summed E-state index contributed by atoms with van der Waals surface area (Å²) in [5, 5.41) is 0. The Kier molecular flexibility index (Phi) is 5.61. The molecule has 2 aliphatic carbocycles. The van der Waals surface area contributed by atoms with Crippen molar-refractivity contribution in [3.63, 3.8) is 0 Å². The summed E-state index contributed by atoms with van der Waals surface area (Å²) < 4.78 is 13.7. The van der Waals surface area contributed by atoms with Gasteiger partial charge in [-0.25, -0.2) is 0 Å². The van der Waals surface area contributed by atoms with E-state index in [1.54, 1.807) is 6.08 Å². The molecule has 1 aromatic rings. The molecule has 146 valence electrons. The minimum atomic E-state index is -0.451. The number of benzene rings is 1. The number of carbonyl (C=O) groups excluding carboxylic acids is 2. The Morgan fingerprint density at radius 2 is 1.64 bits per heavy atom. The summed E-state index contributed by atoms with van der Waals surface area (Å²) in [5.41, 5.74) is 2.04. The predicted molar refractivity (Wildman–Crippen MR) is 113 cm³/mol. The third-order valence-electron chi connectivity index (χ3n) is 5.33. The molecule has 0 fully saturated rings. The Morgan fingerprint density at radius 1 is 1.04 bits per heavy atom. The Hall–Kier alpha value is -1.66. The standard InChI is InChI=1S/C22H20Br2O4/c1-2-9-27-22-13(10-12(23)11-14(22)24)19-20-15(25)5-3-7-17(20)28-18-8-4-6-16(26)21(18)19/h2,10-11,19H,1,3-9H2. The van der Waals surface area contributed by atoms with Gasteiger partial charge in [-0.3, -0.25) is 9.59 Å². The van der Waals surface area contributed by atoms with Gasteiger partial charge in [-0.1, -0.05) is 28.6 Å². The molecule has 0 spiro atoms. The summed E-state index contributed by atoms with van der Waals surface area (Å²) in [6.45, 7) is 4.05. The van der Waals surface area contributed by atoms with Crippen molar-refractivity contribution in [1.29, 1.82) is 0 Å². The summed E-state index contributed by atoms with van der Waals surface area (Å²) in [6.07, 6.45) is 5.64. The number of Topliss-reactive ketones (excluding diaryl/α,β-unsaturated/α-hetero) is 2. The van der Waals surface area contributed by atoms with Crippen molar-refractivity contribution in [3.8, 4) is 5.75 Å². The van der Waals surface area contributed by atoms with E-state index in [0.717, 1.165) is 51.7 Å². The molecule has 0 amide bonds. The smallest absolute Gasteiger partial charge is 0.163 e. The first-order chi connectivity index (χ1) is 13.5. The molecule has 0 bridgehead atoms. The van der Waals surface area contributed by atoms with Gasteiger partial charge < -0.3 is 9.47 Å². The van der Waals surface area contributed by atoms with Crippen LogP contribution in [0.4, 0.5) is 0 Å². The molecule has 1 heterocycles. The van der Waals surface area contributed by atoms with Crippen LogP contribution in [-0.2, 0) is 14.3 Å². The number of ketones is 2. The molecule has 6 heteroatoms. The molecule has 0 radical (unpaired) electrons. The van der Waals surface area contributed by atoms with Crippen molar-refractivity contribution in [3.05, 3.63) is 62.0 Å². The van der Waals surface area contributed by atoms with Crippen LogP contribution in [0.15, 0.2) is 56.4 Å². The van der Waals surface area contributed by atoms with Gasteiger partial charge in [0.25, 0.3) is 0 Å². The first-order valence-corrected chi connectivity index (χ1v) is 11.0. The second kappa shape index (κ2) is 7.99. The quantitative estimate of drug-likeness (QED) is 0.476. The van der Waals surface area contributed by atoms with Crippen molar-refractivity contribution in [1.82, 2.24) is 0 Å². The fourth-order valence-electron chi connectivity index (χ4n) is 4.22. The zero-order chi connectivity index (χ0) is 19.8. The van der Waals surface area contributed by atoms with Crippen LogP contribution in [0.3, 0.4) is 0 Å². The average molecular weight is 508 g/mol. The highest BCUT2D eigenvalue weighted by Gasteiger charge is 2.43. The lowest BCUT2D eigenvalue weighted by atomic mass is 9.73. The first kappa shape index (κ1) is 19.6. The van der Waals surface area contributed by atoms with E-state index in [4.69, 9.17) is 9.47 Å². The molecule has 1 aromatic carbocycles. The van der Waals surface area contributed by atoms with Crippen LogP contribution >= 0.6 is 31.9 Å². The Bertz CT molecular complexity index is 900. The molecular weight excluding hydrogens is 488 g/mol. The number of rotatable bonds is 4. The maximum absolute atomic E-state index is 12.9. The van der Waals surface area contributed by atoms with E-state index >= 15 is 0 Å². The molecular formula is C22H20Br2O4. The number of halogens is 2. The highest BCUT2D eigenvalue weighted by molar-refractivity contribution is 9.11. The zero-order valence-corrected chi connectivity index (χ0v) is 18.5. The van der Waals surface area contributed by atoms with Crippen molar-refractivity contribution >= 4 is 43.4 Å². The third kappa shape index (κ3) is 3.41. The maximum Gasteiger partial charge on any atom is 0.163 e. The molecule has 0 saturated carbocycles. The second-order valence-electron chi connectivity index (χ2n) is 7.17. The van der Waals surface area contributed by atoms with Crippen molar-refractivity contribution in [2.75, 3.05) is 6.61 Å². The summed E-state index contributed by atoms with van der Waals surface area (Å²) >= 11 is 7.13. The van der Waals surface area contributed by atoms with Gasteiger partial charge in [0.1, 0.15) is 23.9 Å².